The van der Waals surface area contributed by atoms with E-state index in [0.717, 1.165) is 24.5 Å². The molecule has 0 fully saturated rings. The lowest BCUT2D eigenvalue weighted by atomic mass is 10.4. The van der Waals surface area contributed by atoms with E-state index in [4.69, 9.17) is 9.47 Å². The number of hydrogen-bond donors (Lipinski definition) is 1. The van der Waals surface area contributed by atoms with Crippen LogP contribution in [0.4, 0.5) is 5.82 Å². The summed E-state index contributed by atoms with van der Waals surface area (Å²) < 4.78 is 11.0. The molecule has 0 aliphatic heterocycles. The zero-order valence-electron chi connectivity index (χ0n) is 12.4. The second-order valence-corrected chi connectivity index (χ2v) is 4.52. The van der Waals surface area contributed by atoms with Crippen molar-refractivity contribution in [1.82, 2.24) is 9.97 Å². The van der Waals surface area contributed by atoms with Crippen LogP contribution in [0, 0.1) is 6.92 Å². The fourth-order valence-electron chi connectivity index (χ4n) is 1.59. The second kappa shape index (κ2) is 8.82. The molecule has 1 heterocycles. The summed E-state index contributed by atoms with van der Waals surface area (Å²) in [5.41, 5.74) is 0.949. The molecule has 0 bridgehead atoms. The largest absolute Gasteiger partial charge is 0.379 e. The van der Waals surface area contributed by atoms with Gasteiger partial charge in [-0.1, -0.05) is 6.92 Å². The van der Waals surface area contributed by atoms with Crippen LogP contribution < -0.4 is 5.32 Å². The van der Waals surface area contributed by atoms with Gasteiger partial charge in [0.1, 0.15) is 12.4 Å². The fourth-order valence-corrected chi connectivity index (χ4v) is 1.59. The van der Waals surface area contributed by atoms with Gasteiger partial charge in [-0.2, -0.15) is 0 Å². The average molecular weight is 267 g/mol. The first kappa shape index (κ1) is 15.9. The van der Waals surface area contributed by atoms with Crippen molar-refractivity contribution >= 4 is 5.82 Å². The lowest BCUT2D eigenvalue weighted by Crippen LogP contribution is -2.17. The standard InChI is InChI=1S/C14H25N3O2/c1-5-7-15-13-8-11(3)16-14(17-13)10-19-12(4)9-18-6-2/h8,12H,5-7,9-10H2,1-4H3,(H,15,16,17). The summed E-state index contributed by atoms with van der Waals surface area (Å²) in [6.45, 7) is 10.7. The first-order valence-electron chi connectivity index (χ1n) is 6.93. The smallest absolute Gasteiger partial charge is 0.156 e. The normalized spacial score (nSPS) is 12.4. The van der Waals surface area contributed by atoms with Gasteiger partial charge in [0.15, 0.2) is 5.82 Å². The molecule has 0 spiro atoms. The highest BCUT2D eigenvalue weighted by molar-refractivity contribution is 5.35. The van der Waals surface area contributed by atoms with Gasteiger partial charge in [-0.15, -0.1) is 0 Å². The van der Waals surface area contributed by atoms with Crippen LogP contribution in [0.1, 0.15) is 38.7 Å². The summed E-state index contributed by atoms with van der Waals surface area (Å²) in [4.78, 5) is 8.81. The predicted octanol–water partition coefficient (Wildman–Crippen LogP) is 2.55. The van der Waals surface area contributed by atoms with Crippen LogP contribution in [0.3, 0.4) is 0 Å². The van der Waals surface area contributed by atoms with E-state index in [1.54, 1.807) is 0 Å². The van der Waals surface area contributed by atoms with Crippen LogP contribution in [-0.4, -0.2) is 35.8 Å². The highest BCUT2D eigenvalue weighted by atomic mass is 16.5. The fraction of sp³-hybridized carbons (Fsp3) is 0.714. The second-order valence-electron chi connectivity index (χ2n) is 4.52. The molecule has 1 N–H and O–H groups in total. The Balaban J connectivity index is 2.50. The van der Waals surface area contributed by atoms with Gasteiger partial charge in [-0.3, -0.25) is 0 Å². The zero-order valence-corrected chi connectivity index (χ0v) is 12.4. The Labute approximate surface area is 115 Å². The van der Waals surface area contributed by atoms with E-state index in [1.807, 2.05) is 26.8 Å². The number of aromatic nitrogens is 2. The molecule has 19 heavy (non-hydrogen) atoms. The van der Waals surface area contributed by atoms with Crippen molar-refractivity contribution in [2.45, 2.75) is 46.8 Å². The van der Waals surface area contributed by atoms with Crippen LogP contribution in [0.15, 0.2) is 6.07 Å². The summed E-state index contributed by atoms with van der Waals surface area (Å²) in [6.07, 6.45) is 1.12. The molecule has 0 aromatic carbocycles. The monoisotopic (exact) mass is 267 g/mol. The Morgan fingerprint density at radius 3 is 2.79 bits per heavy atom. The first-order valence-corrected chi connectivity index (χ1v) is 6.93. The Kier molecular flexibility index (Phi) is 7.36. The molecule has 1 rings (SSSR count). The van der Waals surface area contributed by atoms with E-state index in [1.165, 1.54) is 0 Å². The lowest BCUT2D eigenvalue weighted by molar-refractivity contribution is -0.0139. The summed E-state index contributed by atoms with van der Waals surface area (Å²) in [7, 11) is 0. The molecule has 0 aliphatic carbocycles. The molecule has 108 valence electrons. The molecule has 0 aliphatic rings. The lowest BCUT2D eigenvalue weighted by Gasteiger charge is -2.13. The van der Waals surface area contributed by atoms with Gasteiger partial charge in [0.05, 0.1) is 12.7 Å². The Morgan fingerprint density at radius 1 is 1.32 bits per heavy atom. The first-order chi connectivity index (χ1) is 9.15. The minimum atomic E-state index is 0.0520. The van der Waals surface area contributed by atoms with Crippen LogP contribution in [0.2, 0.25) is 0 Å². The molecule has 0 radical (unpaired) electrons. The third kappa shape index (κ3) is 6.50. The van der Waals surface area contributed by atoms with E-state index in [-0.39, 0.29) is 6.10 Å². The maximum atomic E-state index is 5.67. The van der Waals surface area contributed by atoms with Crippen LogP contribution >= 0.6 is 0 Å². The van der Waals surface area contributed by atoms with Crippen molar-refractivity contribution in [2.75, 3.05) is 25.1 Å². The van der Waals surface area contributed by atoms with Crippen LogP contribution in [-0.2, 0) is 16.1 Å². The Morgan fingerprint density at radius 2 is 2.11 bits per heavy atom. The van der Waals surface area contributed by atoms with Gasteiger partial charge in [0.2, 0.25) is 0 Å². The van der Waals surface area contributed by atoms with E-state index >= 15 is 0 Å². The summed E-state index contributed by atoms with van der Waals surface area (Å²) in [5, 5.41) is 3.27. The van der Waals surface area contributed by atoms with E-state index < -0.39 is 0 Å². The Bertz CT molecular complexity index is 372. The maximum absolute atomic E-state index is 5.67. The minimum absolute atomic E-state index is 0.0520. The van der Waals surface area contributed by atoms with Crippen molar-refractivity contribution in [3.05, 3.63) is 17.6 Å². The van der Waals surface area contributed by atoms with E-state index in [9.17, 15) is 0 Å². The summed E-state index contributed by atoms with van der Waals surface area (Å²) in [5.74, 6) is 1.58. The van der Waals surface area contributed by atoms with Gasteiger partial charge in [0.25, 0.3) is 0 Å². The highest BCUT2D eigenvalue weighted by Gasteiger charge is 2.06. The van der Waals surface area contributed by atoms with E-state index in [2.05, 4.69) is 22.2 Å². The highest BCUT2D eigenvalue weighted by Crippen LogP contribution is 2.08. The SMILES string of the molecule is CCCNc1cc(C)nc(COC(C)COCC)n1. The quantitative estimate of drug-likeness (QED) is 0.745. The third-order valence-electron chi connectivity index (χ3n) is 2.51. The average Bonchev–Trinajstić information content (AvgIpc) is 2.40. The molecule has 1 aromatic rings. The molecule has 0 amide bonds. The number of aryl methyl sites for hydroxylation is 1. The molecule has 1 unspecified atom stereocenters. The maximum Gasteiger partial charge on any atom is 0.156 e. The van der Waals surface area contributed by atoms with E-state index in [0.29, 0.717) is 25.6 Å². The summed E-state index contributed by atoms with van der Waals surface area (Å²) in [6, 6.07) is 1.95. The number of anilines is 1. The minimum Gasteiger partial charge on any atom is -0.379 e. The topological polar surface area (TPSA) is 56.3 Å². The van der Waals surface area contributed by atoms with Crippen LogP contribution in [0.25, 0.3) is 0 Å². The molecule has 0 saturated heterocycles. The van der Waals surface area contributed by atoms with Gasteiger partial charge in [0, 0.05) is 24.9 Å². The van der Waals surface area contributed by atoms with Gasteiger partial charge >= 0.3 is 0 Å². The van der Waals surface area contributed by atoms with Crippen molar-refractivity contribution in [3.8, 4) is 0 Å². The number of rotatable bonds is 9. The van der Waals surface area contributed by atoms with Crippen molar-refractivity contribution in [1.29, 1.82) is 0 Å². The van der Waals surface area contributed by atoms with Crippen molar-refractivity contribution in [3.63, 3.8) is 0 Å². The molecule has 5 heteroatoms. The molecule has 0 saturated carbocycles. The van der Waals surface area contributed by atoms with Gasteiger partial charge in [-0.25, -0.2) is 9.97 Å². The molecular formula is C14H25N3O2. The molecule has 1 atom stereocenters. The molecular weight excluding hydrogens is 242 g/mol. The molecule has 5 nitrogen and oxygen atoms in total. The van der Waals surface area contributed by atoms with Gasteiger partial charge < -0.3 is 14.8 Å². The van der Waals surface area contributed by atoms with Gasteiger partial charge in [-0.05, 0) is 27.2 Å². The third-order valence-corrected chi connectivity index (χ3v) is 2.51. The Hall–Kier alpha value is -1.20. The number of ether oxygens (including phenoxy) is 2. The van der Waals surface area contributed by atoms with Crippen molar-refractivity contribution in [2.24, 2.45) is 0 Å². The number of hydrogen-bond acceptors (Lipinski definition) is 5. The molecule has 1 aromatic heterocycles. The summed E-state index contributed by atoms with van der Waals surface area (Å²) >= 11 is 0. The van der Waals surface area contributed by atoms with Crippen LogP contribution in [0.5, 0.6) is 0 Å². The van der Waals surface area contributed by atoms with Crippen molar-refractivity contribution < 1.29 is 9.47 Å². The number of nitrogens with one attached hydrogen (secondary N) is 1. The number of nitrogens with zero attached hydrogens (tertiary/aromatic N) is 2. The zero-order chi connectivity index (χ0) is 14.1. The predicted molar refractivity (Wildman–Crippen MR) is 76.3 cm³/mol.